The molecule has 0 aromatic heterocycles. The maximum atomic E-state index is 12.2. The van der Waals surface area contributed by atoms with E-state index < -0.39 is 0 Å². The van der Waals surface area contributed by atoms with Crippen molar-refractivity contribution in [2.45, 2.75) is 32.2 Å². The van der Waals surface area contributed by atoms with E-state index >= 15 is 0 Å². The van der Waals surface area contributed by atoms with E-state index in [4.69, 9.17) is 4.74 Å². The van der Waals surface area contributed by atoms with E-state index in [1.54, 1.807) is 0 Å². The number of ether oxygens (including phenoxy) is 1. The molecule has 1 saturated heterocycles. The number of carbonyl (C=O) groups is 1. The van der Waals surface area contributed by atoms with Crippen LogP contribution in [0.1, 0.15) is 25.3 Å². The van der Waals surface area contributed by atoms with Gasteiger partial charge >= 0.3 is 0 Å². The first-order chi connectivity index (χ1) is 9.24. The van der Waals surface area contributed by atoms with Crippen molar-refractivity contribution in [2.75, 3.05) is 23.8 Å². The number of hydrogen-bond donors (Lipinski definition) is 2. The molecule has 2 atom stereocenters. The van der Waals surface area contributed by atoms with Crippen LogP contribution in [0.4, 0.5) is 11.4 Å². The van der Waals surface area contributed by atoms with Crippen molar-refractivity contribution in [1.82, 2.24) is 0 Å². The van der Waals surface area contributed by atoms with Crippen molar-refractivity contribution in [3.63, 3.8) is 0 Å². The van der Waals surface area contributed by atoms with Gasteiger partial charge in [0.15, 0.2) is 0 Å². The number of fused-ring (bicyclic) bond motifs is 1. The molecule has 1 aromatic rings. The van der Waals surface area contributed by atoms with E-state index in [1.165, 1.54) is 5.56 Å². The Morgan fingerprint density at radius 2 is 2.32 bits per heavy atom. The Kier molecular flexibility index (Phi) is 3.42. The van der Waals surface area contributed by atoms with E-state index in [0.717, 1.165) is 30.6 Å². The number of amides is 1. The van der Waals surface area contributed by atoms with Gasteiger partial charge in [0.25, 0.3) is 0 Å². The third-order valence-corrected chi connectivity index (χ3v) is 3.95. The van der Waals surface area contributed by atoms with Crippen LogP contribution in [0.25, 0.3) is 0 Å². The topological polar surface area (TPSA) is 50.4 Å². The molecule has 2 heterocycles. The monoisotopic (exact) mass is 260 g/mol. The summed E-state index contributed by atoms with van der Waals surface area (Å²) >= 11 is 0. The second-order valence-electron chi connectivity index (χ2n) is 5.47. The standard InChI is InChI=1S/C15H20N2O2/c1-10-5-6-11-3-2-4-13(14(11)16-10)17-15(18)12-7-8-19-9-12/h2-4,10,12,16H,5-9H2,1H3,(H,17,18). The maximum Gasteiger partial charge on any atom is 0.229 e. The van der Waals surface area contributed by atoms with Crippen LogP contribution in [0, 0.1) is 5.92 Å². The highest BCUT2D eigenvalue weighted by molar-refractivity contribution is 5.96. The lowest BCUT2D eigenvalue weighted by Crippen LogP contribution is -2.26. The molecule has 102 valence electrons. The summed E-state index contributed by atoms with van der Waals surface area (Å²) in [6.07, 6.45) is 3.03. The Balaban J connectivity index is 1.79. The predicted octanol–water partition coefficient (Wildman–Crippen LogP) is 2.41. The van der Waals surface area contributed by atoms with Crippen LogP contribution in [0.15, 0.2) is 18.2 Å². The zero-order valence-electron chi connectivity index (χ0n) is 11.2. The molecule has 19 heavy (non-hydrogen) atoms. The zero-order chi connectivity index (χ0) is 13.2. The largest absolute Gasteiger partial charge is 0.381 e. The predicted molar refractivity (Wildman–Crippen MR) is 75.4 cm³/mol. The molecule has 1 fully saturated rings. The van der Waals surface area contributed by atoms with Crippen molar-refractivity contribution in [3.8, 4) is 0 Å². The minimum Gasteiger partial charge on any atom is -0.381 e. The summed E-state index contributed by atoms with van der Waals surface area (Å²) in [5.74, 6) is 0.0720. The average Bonchev–Trinajstić information content (AvgIpc) is 2.93. The van der Waals surface area contributed by atoms with Crippen LogP contribution in [-0.2, 0) is 16.0 Å². The van der Waals surface area contributed by atoms with Gasteiger partial charge in [0, 0.05) is 12.6 Å². The average molecular weight is 260 g/mol. The lowest BCUT2D eigenvalue weighted by molar-refractivity contribution is -0.119. The van der Waals surface area contributed by atoms with E-state index in [9.17, 15) is 4.79 Å². The van der Waals surface area contributed by atoms with Crippen LogP contribution in [0.5, 0.6) is 0 Å². The molecule has 4 heteroatoms. The summed E-state index contributed by atoms with van der Waals surface area (Å²) in [6.45, 7) is 3.41. The number of carbonyl (C=O) groups excluding carboxylic acids is 1. The van der Waals surface area contributed by atoms with Gasteiger partial charge in [0.1, 0.15) is 0 Å². The minimum atomic E-state index is -0.00290. The molecule has 0 radical (unpaired) electrons. The van der Waals surface area contributed by atoms with Gasteiger partial charge in [0.05, 0.1) is 23.9 Å². The van der Waals surface area contributed by atoms with Gasteiger partial charge in [-0.05, 0) is 37.8 Å². The molecule has 1 aromatic carbocycles. The second kappa shape index (κ2) is 5.21. The van der Waals surface area contributed by atoms with Gasteiger partial charge in [-0.1, -0.05) is 12.1 Å². The lowest BCUT2D eigenvalue weighted by atomic mass is 9.97. The quantitative estimate of drug-likeness (QED) is 0.858. The molecule has 3 rings (SSSR count). The molecule has 2 aliphatic heterocycles. The second-order valence-corrected chi connectivity index (χ2v) is 5.47. The number of benzene rings is 1. The lowest BCUT2D eigenvalue weighted by Gasteiger charge is -2.26. The first-order valence-corrected chi connectivity index (χ1v) is 7.01. The van der Waals surface area contributed by atoms with Crippen LogP contribution >= 0.6 is 0 Å². The van der Waals surface area contributed by atoms with E-state index in [1.807, 2.05) is 12.1 Å². The molecule has 0 bridgehead atoms. The third kappa shape index (κ3) is 2.59. The highest BCUT2D eigenvalue weighted by atomic mass is 16.5. The van der Waals surface area contributed by atoms with Crippen molar-refractivity contribution in [2.24, 2.45) is 5.92 Å². The molecule has 0 saturated carbocycles. The fourth-order valence-electron chi connectivity index (χ4n) is 2.75. The zero-order valence-corrected chi connectivity index (χ0v) is 11.2. The summed E-state index contributed by atoms with van der Waals surface area (Å²) in [7, 11) is 0. The van der Waals surface area contributed by atoms with Crippen LogP contribution in [0.3, 0.4) is 0 Å². The molecule has 2 aliphatic rings. The SMILES string of the molecule is CC1CCc2cccc(NC(=O)C3CCOC3)c2N1. The fourth-order valence-corrected chi connectivity index (χ4v) is 2.75. The van der Waals surface area contributed by atoms with E-state index in [0.29, 0.717) is 19.3 Å². The number of rotatable bonds is 2. The normalized spacial score (nSPS) is 25.5. The summed E-state index contributed by atoms with van der Waals surface area (Å²) < 4.78 is 5.27. The molecule has 4 nitrogen and oxygen atoms in total. The Morgan fingerprint density at radius 3 is 3.11 bits per heavy atom. The van der Waals surface area contributed by atoms with Crippen LogP contribution < -0.4 is 10.6 Å². The highest BCUT2D eigenvalue weighted by Crippen LogP contribution is 2.32. The Morgan fingerprint density at radius 1 is 1.42 bits per heavy atom. The van der Waals surface area contributed by atoms with Gasteiger partial charge in [-0.15, -0.1) is 0 Å². The van der Waals surface area contributed by atoms with Gasteiger partial charge in [-0.25, -0.2) is 0 Å². The Hall–Kier alpha value is -1.55. The molecule has 2 N–H and O–H groups in total. The molecular weight excluding hydrogens is 240 g/mol. The summed E-state index contributed by atoms with van der Waals surface area (Å²) in [5.41, 5.74) is 3.29. The van der Waals surface area contributed by atoms with E-state index in [2.05, 4.69) is 23.6 Å². The fraction of sp³-hybridized carbons (Fsp3) is 0.533. The first kappa shape index (κ1) is 12.5. The molecular formula is C15H20N2O2. The van der Waals surface area contributed by atoms with Crippen molar-refractivity contribution in [3.05, 3.63) is 23.8 Å². The minimum absolute atomic E-state index is 0.00290. The maximum absolute atomic E-state index is 12.2. The van der Waals surface area contributed by atoms with Crippen molar-refractivity contribution < 1.29 is 9.53 Å². The van der Waals surface area contributed by atoms with E-state index in [-0.39, 0.29) is 11.8 Å². The first-order valence-electron chi connectivity index (χ1n) is 7.01. The molecule has 1 amide bonds. The van der Waals surface area contributed by atoms with Gasteiger partial charge in [0.2, 0.25) is 5.91 Å². The number of aryl methyl sites for hydroxylation is 1. The van der Waals surface area contributed by atoms with Gasteiger partial charge < -0.3 is 15.4 Å². The Labute approximate surface area is 113 Å². The molecule has 2 unspecified atom stereocenters. The third-order valence-electron chi connectivity index (χ3n) is 3.95. The van der Waals surface area contributed by atoms with Crippen molar-refractivity contribution in [1.29, 1.82) is 0 Å². The number of nitrogens with one attached hydrogen (secondary N) is 2. The number of anilines is 2. The number of para-hydroxylation sites is 1. The summed E-state index contributed by atoms with van der Waals surface area (Å²) in [4.78, 5) is 12.2. The molecule has 0 aliphatic carbocycles. The Bertz CT molecular complexity index is 481. The van der Waals surface area contributed by atoms with Gasteiger partial charge in [-0.2, -0.15) is 0 Å². The van der Waals surface area contributed by atoms with Crippen LogP contribution in [-0.4, -0.2) is 25.2 Å². The van der Waals surface area contributed by atoms with Gasteiger partial charge in [-0.3, -0.25) is 4.79 Å². The summed E-state index contributed by atoms with van der Waals surface area (Å²) in [5, 5.41) is 6.53. The number of hydrogen-bond acceptors (Lipinski definition) is 3. The molecule has 0 spiro atoms. The van der Waals surface area contributed by atoms with Crippen molar-refractivity contribution >= 4 is 17.3 Å². The highest BCUT2D eigenvalue weighted by Gasteiger charge is 2.25. The van der Waals surface area contributed by atoms with Crippen LogP contribution in [0.2, 0.25) is 0 Å². The summed E-state index contributed by atoms with van der Waals surface area (Å²) in [6, 6.07) is 6.57. The smallest absolute Gasteiger partial charge is 0.229 e.